The van der Waals surface area contributed by atoms with Gasteiger partial charge >= 0.3 is 6.18 Å². The molecule has 1 aromatic carbocycles. The number of carbonyl (C=O) groups is 1. The highest BCUT2D eigenvalue weighted by atomic mass is 19.4. The maximum atomic E-state index is 12.0. The Morgan fingerprint density at radius 2 is 2.00 bits per heavy atom. The lowest BCUT2D eigenvalue weighted by Crippen LogP contribution is -2.39. The summed E-state index contributed by atoms with van der Waals surface area (Å²) in [5.74, 6) is 0.365. The van der Waals surface area contributed by atoms with Crippen LogP contribution in [-0.4, -0.2) is 38.9 Å². The zero-order chi connectivity index (χ0) is 18.2. The van der Waals surface area contributed by atoms with Gasteiger partial charge in [-0.1, -0.05) is 12.6 Å². The van der Waals surface area contributed by atoms with Gasteiger partial charge in [0.2, 0.25) is 5.91 Å². The van der Waals surface area contributed by atoms with Crippen molar-refractivity contribution in [3.05, 3.63) is 35.9 Å². The quantitative estimate of drug-likeness (QED) is 0.674. The minimum atomic E-state index is -4.42. The average Bonchev–Trinajstić information content (AvgIpc) is 2.50. The van der Waals surface area contributed by atoms with Crippen LogP contribution in [0.1, 0.15) is 12.5 Å². The molecule has 0 spiro atoms. The van der Waals surface area contributed by atoms with E-state index in [0.717, 1.165) is 11.1 Å². The molecule has 24 heavy (non-hydrogen) atoms. The van der Waals surface area contributed by atoms with Crippen LogP contribution < -0.4 is 20.1 Å². The van der Waals surface area contributed by atoms with Crippen LogP contribution in [0.4, 0.5) is 13.2 Å². The second kappa shape index (κ2) is 9.17. The van der Waals surface area contributed by atoms with Gasteiger partial charge in [0.1, 0.15) is 13.2 Å². The number of hydrogen-bond donors (Lipinski definition) is 2. The van der Waals surface area contributed by atoms with E-state index < -0.39 is 18.6 Å². The first-order chi connectivity index (χ1) is 11.2. The lowest BCUT2D eigenvalue weighted by molar-refractivity contribution is -0.137. The zero-order valence-corrected chi connectivity index (χ0v) is 13.6. The lowest BCUT2D eigenvalue weighted by atomic mass is 10.2. The standard InChI is InChI=1S/C16H21F3N2O3/c1-11(2)9-24-14-6-12(4-5-13(14)23-3)7-20-8-15(22)21-10-16(17,18)19/h4-6,20H,1,7-10H2,2-3H3,(H,21,22). The highest BCUT2D eigenvalue weighted by molar-refractivity contribution is 5.78. The number of amides is 1. The summed E-state index contributed by atoms with van der Waals surface area (Å²) in [6, 6.07) is 5.23. The number of carbonyl (C=O) groups excluding carboxylic acids is 1. The van der Waals surface area contributed by atoms with E-state index >= 15 is 0 Å². The molecule has 0 unspecified atom stereocenters. The Labute approximate surface area is 138 Å². The Balaban J connectivity index is 2.51. The molecule has 0 radical (unpaired) electrons. The summed E-state index contributed by atoms with van der Waals surface area (Å²) >= 11 is 0. The summed E-state index contributed by atoms with van der Waals surface area (Å²) in [6.45, 7) is 4.66. The summed E-state index contributed by atoms with van der Waals surface area (Å²) in [6.07, 6.45) is -4.42. The maximum absolute atomic E-state index is 12.0. The first-order valence-electron chi connectivity index (χ1n) is 7.19. The fraction of sp³-hybridized carbons (Fsp3) is 0.438. The Hall–Kier alpha value is -2.22. The second-order valence-electron chi connectivity index (χ2n) is 5.23. The van der Waals surface area contributed by atoms with Crippen LogP contribution in [0.15, 0.2) is 30.4 Å². The first kappa shape index (κ1) is 19.8. The molecule has 1 amide bonds. The summed E-state index contributed by atoms with van der Waals surface area (Å²) in [5, 5.41) is 4.56. The summed E-state index contributed by atoms with van der Waals surface area (Å²) < 4.78 is 46.7. The van der Waals surface area contributed by atoms with Crippen molar-refractivity contribution < 1.29 is 27.4 Å². The Morgan fingerprint density at radius 1 is 1.29 bits per heavy atom. The van der Waals surface area contributed by atoms with Crippen LogP contribution in [0.25, 0.3) is 0 Å². The molecule has 0 aliphatic rings. The monoisotopic (exact) mass is 346 g/mol. The number of rotatable bonds is 9. The second-order valence-corrected chi connectivity index (χ2v) is 5.23. The molecule has 0 aliphatic carbocycles. The summed E-state index contributed by atoms with van der Waals surface area (Å²) in [5.41, 5.74) is 1.65. The van der Waals surface area contributed by atoms with E-state index in [9.17, 15) is 18.0 Å². The fourth-order valence-electron chi connectivity index (χ4n) is 1.73. The zero-order valence-electron chi connectivity index (χ0n) is 13.6. The Bertz CT molecular complexity index is 574. The van der Waals surface area contributed by atoms with E-state index in [1.807, 2.05) is 6.92 Å². The number of methoxy groups -OCH3 is 1. The number of hydrogen-bond acceptors (Lipinski definition) is 4. The van der Waals surface area contributed by atoms with Gasteiger partial charge in [-0.3, -0.25) is 4.79 Å². The van der Waals surface area contributed by atoms with Gasteiger partial charge in [0.25, 0.3) is 0 Å². The summed E-state index contributed by atoms with van der Waals surface area (Å²) in [4.78, 5) is 11.3. The van der Waals surface area contributed by atoms with Crippen molar-refractivity contribution in [2.24, 2.45) is 0 Å². The molecule has 1 rings (SSSR count). The van der Waals surface area contributed by atoms with Crippen molar-refractivity contribution in [2.75, 3.05) is 26.8 Å². The molecular weight excluding hydrogens is 325 g/mol. The predicted octanol–water partition coefficient (Wildman–Crippen LogP) is 2.42. The van der Waals surface area contributed by atoms with Crippen LogP contribution in [0.2, 0.25) is 0 Å². The molecule has 0 saturated carbocycles. The SMILES string of the molecule is C=C(C)COc1cc(CNCC(=O)NCC(F)(F)F)ccc1OC. The van der Waals surface area contributed by atoms with Crippen molar-refractivity contribution in [1.82, 2.24) is 10.6 Å². The van der Waals surface area contributed by atoms with Gasteiger partial charge < -0.3 is 20.1 Å². The highest BCUT2D eigenvalue weighted by Gasteiger charge is 2.27. The van der Waals surface area contributed by atoms with Crippen molar-refractivity contribution >= 4 is 5.91 Å². The molecular formula is C16H21F3N2O3. The largest absolute Gasteiger partial charge is 0.493 e. The van der Waals surface area contributed by atoms with Gasteiger partial charge in [0, 0.05) is 6.54 Å². The van der Waals surface area contributed by atoms with E-state index in [4.69, 9.17) is 9.47 Å². The molecule has 5 nitrogen and oxygen atoms in total. The van der Waals surface area contributed by atoms with Crippen LogP contribution in [0, 0.1) is 0 Å². The van der Waals surface area contributed by atoms with Gasteiger partial charge in [-0.2, -0.15) is 13.2 Å². The molecule has 0 atom stereocenters. The van der Waals surface area contributed by atoms with Crippen molar-refractivity contribution in [3.8, 4) is 11.5 Å². The highest BCUT2D eigenvalue weighted by Crippen LogP contribution is 2.28. The van der Waals surface area contributed by atoms with Gasteiger partial charge in [0.05, 0.1) is 13.7 Å². The lowest BCUT2D eigenvalue weighted by Gasteiger charge is -2.13. The first-order valence-corrected chi connectivity index (χ1v) is 7.19. The van der Waals surface area contributed by atoms with E-state index in [1.165, 1.54) is 7.11 Å². The topological polar surface area (TPSA) is 59.6 Å². The minimum absolute atomic E-state index is 0.218. The fourth-order valence-corrected chi connectivity index (χ4v) is 1.73. The molecule has 134 valence electrons. The molecule has 2 N–H and O–H groups in total. The van der Waals surface area contributed by atoms with E-state index in [-0.39, 0.29) is 6.54 Å². The molecule has 1 aromatic rings. The van der Waals surface area contributed by atoms with Crippen molar-refractivity contribution in [1.29, 1.82) is 0 Å². The Kier molecular flexibility index (Phi) is 7.57. The predicted molar refractivity (Wildman–Crippen MR) is 84.1 cm³/mol. The maximum Gasteiger partial charge on any atom is 0.405 e. The number of benzene rings is 1. The van der Waals surface area contributed by atoms with Crippen molar-refractivity contribution in [2.45, 2.75) is 19.6 Å². The third-order valence-electron chi connectivity index (χ3n) is 2.80. The molecule has 0 saturated heterocycles. The van der Waals surface area contributed by atoms with Crippen molar-refractivity contribution in [3.63, 3.8) is 0 Å². The van der Waals surface area contributed by atoms with Gasteiger partial charge in [-0.05, 0) is 30.2 Å². The molecule has 0 heterocycles. The number of halogens is 3. The normalized spacial score (nSPS) is 11.0. The molecule has 0 aromatic heterocycles. The van der Waals surface area contributed by atoms with Crippen LogP contribution in [0.3, 0.4) is 0 Å². The minimum Gasteiger partial charge on any atom is -0.493 e. The van der Waals surface area contributed by atoms with Gasteiger partial charge in [0.15, 0.2) is 11.5 Å². The molecule has 0 aliphatic heterocycles. The third-order valence-corrected chi connectivity index (χ3v) is 2.80. The van der Waals surface area contributed by atoms with E-state index in [0.29, 0.717) is 24.7 Å². The van der Waals surface area contributed by atoms with Gasteiger partial charge in [-0.15, -0.1) is 0 Å². The smallest absolute Gasteiger partial charge is 0.405 e. The van der Waals surface area contributed by atoms with E-state index in [2.05, 4.69) is 11.9 Å². The third kappa shape index (κ3) is 7.87. The van der Waals surface area contributed by atoms with Gasteiger partial charge in [-0.25, -0.2) is 0 Å². The van der Waals surface area contributed by atoms with E-state index in [1.54, 1.807) is 23.5 Å². The Morgan fingerprint density at radius 3 is 2.58 bits per heavy atom. The molecule has 8 heteroatoms. The number of ether oxygens (including phenoxy) is 2. The van der Waals surface area contributed by atoms with Crippen LogP contribution in [0.5, 0.6) is 11.5 Å². The van der Waals surface area contributed by atoms with Crippen LogP contribution in [-0.2, 0) is 11.3 Å². The average molecular weight is 346 g/mol. The number of nitrogens with one attached hydrogen (secondary N) is 2. The molecule has 0 fully saturated rings. The number of alkyl halides is 3. The molecule has 0 bridgehead atoms. The van der Waals surface area contributed by atoms with Crippen LogP contribution >= 0.6 is 0 Å². The summed E-state index contributed by atoms with van der Waals surface area (Å²) in [7, 11) is 1.52.